The first-order valence-corrected chi connectivity index (χ1v) is 7.44. The molecule has 1 aromatic rings. The van der Waals surface area contributed by atoms with E-state index < -0.39 is 0 Å². The van der Waals surface area contributed by atoms with Crippen LogP contribution in [0.25, 0.3) is 0 Å². The Morgan fingerprint density at radius 2 is 1.40 bits per heavy atom. The Kier molecular flexibility index (Phi) is 3.82. The molecule has 1 aromatic carbocycles. The van der Waals surface area contributed by atoms with Gasteiger partial charge in [0.25, 0.3) is 0 Å². The highest BCUT2D eigenvalue weighted by atomic mass is 14.9. The lowest BCUT2D eigenvalue weighted by molar-refractivity contribution is 0.494. The second-order valence-electron chi connectivity index (χ2n) is 7.76. The largest absolute Gasteiger partial charge is 0.359 e. The lowest BCUT2D eigenvalue weighted by Gasteiger charge is -2.22. The van der Waals surface area contributed by atoms with Gasteiger partial charge in [0.2, 0.25) is 0 Å². The van der Waals surface area contributed by atoms with Crippen molar-refractivity contribution in [2.75, 3.05) is 5.32 Å². The normalized spacial score (nSPS) is 15.9. The first kappa shape index (κ1) is 14.9. The summed E-state index contributed by atoms with van der Waals surface area (Å²) in [4.78, 5) is 0. The van der Waals surface area contributed by atoms with Crippen molar-refractivity contribution in [2.24, 2.45) is 5.41 Å². The summed E-state index contributed by atoms with van der Waals surface area (Å²) in [6, 6.07) is 8.79. The van der Waals surface area contributed by atoms with Crippen molar-refractivity contribution in [3.8, 4) is 0 Å². The zero-order valence-corrected chi connectivity index (χ0v) is 13.7. The fourth-order valence-electron chi connectivity index (χ4n) is 2.36. The van der Waals surface area contributed by atoms with Crippen LogP contribution >= 0.6 is 0 Å². The highest BCUT2D eigenvalue weighted by Gasteiger charge is 2.20. The molecule has 1 heteroatoms. The van der Waals surface area contributed by atoms with Crippen LogP contribution in [0, 0.1) is 5.41 Å². The number of allylic oxidation sites excluding steroid dienone is 3. The molecule has 0 saturated carbocycles. The topological polar surface area (TPSA) is 12.0 Å². The highest BCUT2D eigenvalue weighted by Crippen LogP contribution is 2.34. The minimum absolute atomic E-state index is 0.214. The van der Waals surface area contributed by atoms with Gasteiger partial charge in [0, 0.05) is 17.8 Å². The molecule has 1 nitrogen and oxygen atoms in total. The Hall–Kier alpha value is -1.50. The average Bonchev–Trinajstić information content (AvgIpc) is 2.77. The van der Waals surface area contributed by atoms with Gasteiger partial charge in [-0.05, 0) is 34.6 Å². The van der Waals surface area contributed by atoms with Crippen LogP contribution in [0.15, 0.2) is 47.7 Å². The Labute approximate surface area is 123 Å². The first-order valence-electron chi connectivity index (χ1n) is 7.44. The van der Waals surface area contributed by atoms with Crippen LogP contribution in [-0.4, -0.2) is 0 Å². The molecule has 108 valence electrons. The summed E-state index contributed by atoms with van der Waals surface area (Å²) in [6.07, 6.45) is 5.49. The minimum Gasteiger partial charge on any atom is -0.359 e. The van der Waals surface area contributed by atoms with Crippen LogP contribution in [0.5, 0.6) is 0 Å². The molecule has 1 N–H and O–H groups in total. The summed E-state index contributed by atoms with van der Waals surface area (Å²) in [5, 5.41) is 3.53. The molecule has 0 heterocycles. The molecule has 0 fully saturated rings. The highest BCUT2D eigenvalue weighted by molar-refractivity contribution is 5.53. The van der Waals surface area contributed by atoms with Gasteiger partial charge in [0.1, 0.15) is 0 Å². The van der Waals surface area contributed by atoms with Crippen LogP contribution in [0.1, 0.15) is 53.5 Å². The lowest BCUT2D eigenvalue weighted by atomic mass is 9.85. The summed E-state index contributed by atoms with van der Waals surface area (Å²) >= 11 is 0. The zero-order chi connectivity index (χ0) is 15.0. The molecule has 0 bridgehead atoms. The molecule has 0 aliphatic heterocycles. The molecule has 0 spiro atoms. The Morgan fingerprint density at radius 1 is 0.800 bits per heavy atom. The minimum atomic E-state index is 0.214. The van der Waals surface area contributed by atoms with Crippen LogP contribution in [-0.2, 0) is 5.41 Å². The van der Waals surface area contributed by atoms with E-state index in [1.807, 2.05) is 0 Å². The molecule has 20 heavy (non-hydrogen) atoms. The fourth-order valence-corrected chi connectivity index (χ4v) is 2.36. The first-order chi connectivity index (χ1) is 9.16. The van der Waals surface area contributed by atoms with Crippen molar-refractivity contribution in [1.29, 1.82) is 0 Å². The fraction of sp³-hybridized carbons (Fsp3) is 0.474. The van der Waals surface area contributed by atoms with Gasteiger partial charge in [0.15, 0.2) is 0 Å². The van der Waals surface area contributed by atoms with E-state index in [9.17, 15) is 0 Å². The molecule has 0 atom stereocenters. The maximum Gasteiger partial charge on any atom is 0.0382 e. The summed E-state index contributed by atoms with van der Waals surface area (Å²) < 4.78 is 0. The van der Waals surface area contributed by atoms with E-state index in [1.165, 1.54) is 22.5 Å². The molecule has 0 unspecified atom stereocenters. The number of hydrogen-bond donors (Lipinski definition) is 1. The lowest BCUT2D eigenvalue weighted by Crippen LogP contribution is -2.11. The van der Waals surface area contributed by atoms with Crippen molar-refractivity contribution >= 4 is 5.69 Å². The van der Waals surface area contributed by atoms with Crippen molar-refractivity contribution in [1.82, 2.24) is 0 Å². The van der Waals surface area contributed by atoms with E-state index in [1.54, 1.807) is 0 Å². The van der Waals surface area contributed by atoms with Crippen molar-refractivity contribution in [3.05, 3.63) is 53.3 Å². The van der Waals surface area contributed by atoms with Crippen LogP contribution < -0.4 is 5.32 Å². The number of rotatable bonds is 2. The van der Waals surface area contributed by atoms with Gasteiger partial charge in [-0.2, -0.15) is 0 Å². The molecule has 2 rings (SSSR count). The SMILES string of the molecule is CC(C)(C)C1=CC=C(Nc2ccc(C(C)(C)C)cc2)C1. The van der Waals surface area contributed by atoms with Crippen LogP contribution in [0.2, 0.25) is 0 Å². The third-order valence-electron chi connectivity index (χ3n) is 3.89. The van der Waals surface area contributed by atoms with Gasteiger partial charge in [0.05, 0.1) is 0 Å². The van der Waals surface area contributed by atoms with Crippen molar-refractivity contribution < 1.29 is 0 Å². The maximum absolute atomic E-state index is 3.53. The molecule has 0 radical (unpaired) electrons. The second-order valence-corrected chi connectivity index (χ2v) is 7.76. The average molecular weight is 269 g/mol. The zero-order valence-electron chi connectivity index (χ0n) is 13.7. The summed E-state index contributed by atoms with van der Waals surface area (Å²) in [5.41, 5.74) is 5.80. The molecular formula is C19H27N. The molecule has 0 saturated heterocycles. The van der Waals surface area contributed by atoms with Gasteiger partial charge < -0.3 is 5.32 Å². The Balaban J connectivity index is 2.00. The molecule has 0 amide bonds. The van der Waals surface area contributed by atoms with Crippen molar-refractivity contribution in [2.45, 2.75) is 53.4 Å². The van der Waals surface area contributed by atoms with Gasteiger partial charge >= 0.3 is 0 Å². The second kappa shape index (κ2) is 5.12. The molecule has 0 aromatic heterocycles. The Morgan fingerprint density at radius 3 is 1.85 bits per heavy atom. The molecule has 1 aliphatic carbocycles. The third kappa shape index (κ3) is 3.53. The van der Waals surface area contributed by atoms with Gasteiger partial charge in [-0.3, -0.25) is 0 Å². The standard InChI is InChI=1S/C19H27N/c1-18(2,3)14-7-10-16(11-8-14)20-17-12-9-15(13-17)19(4,5)6/h7-12,20H,13H2,1-6H3. The van der Waals surface area contributed by atoms with Crippen molar-refractivity contribution in [3.63, 3.8) is 0 Å². The van der Waals surface area contributed by atoms with E-state index in [-0.39, 0.29) is 10.8 Å². The van der Waals surface area contributed by atoms with E-state index in [2.05, 4.69) is 83.3 Å². The van der Waals surface area contributed by atoms with E-state index in [0.717, 1.165) is 6.42 Å². The van der Waals surface area contributed by atoms with E-state index in [4.69, 9.17) is 0 Å². The van der Waals surface area contributed by atoms with Crippen LogP contribution in [0.3, 0.4) is 0 Å². The smallest absolute Gasteiger partial charge is 0.0382 e. The summed E-state index contributed by atoms with van der Waals surface area (Å²) in [7, 11) is 0. The number of anilines is 1. The van der Waals surface area contributed by atoms with Gasteiger partial charge in [-0.15, -0.1) is 0 Å². The van der Waals surface area contributed by atoms with E-state index >= 15 is 0 Å². The quantitative estimate of drug-likeness (QED) is 0.731. The number of benzene rings is 1. The summed E-state index contributed by atoms with van der Waals surface area (Å²) in [6.45, 7) is 13.5. The van der Waals surface area contributed by atoms with Gasteiger partial charge in [-0.1, -0.05) is 65.3 Å². The van der Waals surface area contributed by atoms with Crippen LogP contribution in [0.4, 0.5) is 5.69 Å². The summed E-state index contributed by atoms with van der Waals surface area (Å²) in [5.74, 6) is 0. The molecule has 1 aliphatic rings. The third-order valence-corrected chi connectivity index (χ3v) is 3.89. The van der Waals surface area contributed by atoms with E-state index in [0.29, 0.717) is 0 Å². The predicted octanol–water partition coefficient (Wildman–Crippen LogP) is 5.66. The monoisotopic (exact) mass is 269 g/mol. The number of hydrogen-bond acceptors (Lipinski definition) is 1. The Bertz CT molecular complexity index is 531. The van der Waals surface area contributed by atoms with Gasteiger partial charge in [-0.25, -0.2) is 0 Å². The predicted molar refractivity (Wildman–Crippen MR) is 89.0 cm³/mol. The molecular weight excluding hydrogens is 242 g/mol. The maximum atomic E-state index is 3.53. The number of nitrogens with one attached hydrogen (secondary N) is 1.